The first-order valence-electron chi connectivity index (χ1n) is 6.72. The van der Waals surface area contributed by atoms with Crippen LogP contribution in [0.15, 0.2) is 29.2 Å². The molecule has 0 saturated carbocycles. The highest BCUT2D eigenvalue weighted by Gasteiger charge is 2.40. The van der Waals surface area contributed by atoms with E-state index in [1.807, 2.05) is 0 Å². The summed E-state index contributed by atoms with van der Waals surface area (Å²) in [6.45, 7) is -0.0698. The molecular weight excluding hydrogens is 339 g/mol. The minimum Gasteiger partial charge on any atom is -0.480 e. The molecule has 1 fully saturated rings. The van der Waals surface area contributed by atoms with E-state index in [9.17, 15) is 26.4 Å². The van der Waals surface area contributed by atoms with E-state index in [0.717, 1.165) is 16.4 Å². The van der Waals surface area contributed by atoms with E-state index in [2.05, 4.69) is 4.74 Å². The van der Waals surface area contributed by atoms with E-state index in [4.69, 9.17) is 5.11 Å². The molecule has 1 N–H and O–H groups in total. The molecule has 0 aliphatic carbocycles. The molecule has 10 heteroatoms. The second-order valence-electron chi connectivity index (χ2n) is 4.96. The van der Waals surface area contributed by atoms with Crippen molar-refractivity contribution in [3.05, 3.63) is 24.3 Å². The Bertz CT molecular complexity index is 689. The minimum atomic E-state index is -5.06. The quantitative estimate of drug-likeness (QED) is 0.897. The van der Waals surface area contributed by atoms with Crippen molar-refractivity contribution in [3.8, 4) is 5.75 Å². The molecule has 1 atom stereocenters. The highest BCUT2D eigenvalue weighted by atomic mass is 32.2. The first-order chi connectivity index (χ1) is 10.6. The smallest absolute Gasteiger partial charge is 0.480 e. The van der Waals surface area contributed by atoms with Gasteiger partial charge in [-0.2, -0.15) is 4.31 Å². The van der Waals surface area contributed by atoms with Crippen LogP contribution in [0.5, 0.6) is 5.75 Å². The van der Waals surface area contributed by atoms with E-state index in [-0.39, 0.29) is 13.0 Å². The zero-order chi connectivity index (χ0) is 17.3. The average Bonchev–Trinajstić information content (AvgIpc) is 2.46. The largest absolute Gasteiger partial charge is 0.573 e. The molecule has 0 radical (unpaired) electrons. The minimum absolute atomic E-state index is 0.0698. The van der Waals surface area contributed by atoms with Gasteiger partial charge in [-0.3, -0.25) is 4.79 Å². The van der Waals surface area contributed by atoms with E-state index >= 15 is 0 Å². The highest BCUT2D eigenvalue weighted by molar-refractivity contribution is 7.89. The van der Waals surface area contributed by atoms with E-state index in [1.54, 1.807) is 0 Å². The third-order valence-corrected chi connectivity index (χ3v) is 5.35. The lowest BCUT2D eigenvalue weighted by atomic mass is 10.1. The Morgan fingerprint density at radius 3 is 2.52 bits per heavy atom. The molecule has 0 aromatic heterocycles. The first kappa shape index (κ1) is 17.5. The summed E-state index contributed by atoms with van der Waals surface area (Å²) in [7, 11) is -4.43. The van der Waals surface area contributed by atoms with Crippen molar-refractivity contribution in [2.45, 2.75) is 36.6 Å². The van der Waals surface area contributed by atoms with E-state index in [0.29, 0.717) is 12.8 Å². The van der Waals surface area contributed by atoms with Gasteiger partial charge in [0.25, 0.3) is 0 Å². The second-order valence-corrected chi connectivity index (χ2v) is 6.82. The predicted molar refractivity (Wildman–Crippen MR) is 72.3 cm³/mol. The van der Waals surface area contributed by atoms with Crippen LogP contribution in [0.2, 0.25) is 0 Å². The fourth-order valence-electron chi connectivity index (χ4n) is 2.44. The lowest BCUT2D eigenvalue weighted by Crippen LogP contribution is -2.47. The molecule has 0 amide bonds. The molecule has 0 spiro atoms. The molecule has 1 heterocycles. The Labute approximate surface area is 130 Å². The van der Waals surface area contributed by atoms with Crippen LogP contribution in [-0.2, 0) is 14.8 Å². The van der Waals surface area contributed by atoms with Crippen molar-refractivity contribution in [3.63, 3.8) is 0 Å². The molecule has 0 bridgehead atoms. The maximum Gasteiger partial charge on any atom is 0.573 e. The number of carboxylic acid groups (broad SMARTS) is 1. The average molecular weight is 353 g/mol. The van der Waals surface area contributed by atoms with Crippen LogP contribution in [0.3, 0.4) is 0 Å². The van der Waals surface area contributed by atoms with Crippen molar-refractivity contribution in [1.82, 2.24) is 4.31 Å². The van der Waals surface area contributed by atoms with Crippen LogP contribution in [-0.4, -0.2) is 42.7 Å². The molecule has 128 valence electrons. The van der Waals surface area contributed by atoms with Crippen LogP contribution in [0.1, 0.15) is 19.3 Å². The highest BCUT2D eigenvalue weighted by Crippen LogP contribution is 2.33. The number of aliphatic carboxylic acids is 1. The topological polar surface area (TPSA) is 83.9 Å². The molecule has 2 rings (SSSR count). The molecular formula is C13H14F3NO5S. The summed E-state index contributed by atoms with van der Waals surface area (Å²) in [5.74, 6) is -2.21. The molecule has 1 aromatic carbocycles. The Morgan fingerprint density at radius 1 is 1.26 bits per heavy atom. The number of carboxylic acids is 1. The fourth-order valence-corrected chi connectivity index (χ4v) is 4.21. The van der Waals surface area contributed by atoms with Gasteiger partial charge in [0.05, 0.1) is 0 Å². The van der Waals surface area contributed by atoms with Crippen molar-refractivity contribution in [2.24, 2.45) is 0 Å². The van der Waals surface area contributed by atoms with Gasteiger partial charge in [0.2, 0.25) is 10.0 Å². The van der Waals surface area contributed by atoms with E-state index in [1.165, 1.54) is 12.1 Å². The summed E-state index contributed by atoms with van der Waals surface area (Å²) in [4.78, 5) is 10.5. The molecule has 1 aromatic rings. The molecule has 1 aliphatic rings. The third kappa shape index (κ3) is 3.94. The Balaban J connectivity index is 2.45. The van der Waals surface area contributed by atoms with Gasteiger partial charge in [-0.25, -0.2) is 8.42 Å². The van der Waals surface area contributed by atoms with Gasteiger partial charge >= 0.3 is 12.3 Å². The number of nitrogens with zero attached hydrogens (tertiary/aromatic N) is 1. The summed E-state index contributed by atoms with van der Waals surface area (Å²) < 4.78 is 67.0. The Kier molecular flexibility index (Phi) is 4.85. The summed E-state index contributed by atoms with van der Waals surface area (Å²) in [6, 6.07) is 2.98. The first-order valence-corrected chi connectivity index (χ1v) is 8.16. The third-order valence-electron chi connectivity index (χ3n) is 3.40. The van der Waals surface area contributed by atoms with Gasteiger partial charge < -0.3 is 9.84 Å². The summed E-state index contributed by atoms with van der Waals surface area (Å²) in [5, 5.41) is 9.16. The number of carbonyl (C=O) groups is 1. The van der Waals surface area contributed by atoms with Crippen molar-refractivity contribution in [2.75, 3.05) is 6.54 Å². The summed E-state index contributed by atoms with van der Waals surface area (Å²) in [5.41, 5.74) is 0. The fraction of sp³-hybridized carbons (Fsp3) is 0.462. The van der Waals surface area contributed by atoms with Crippen LogP contribution >= 0.6 is 0 Å². The van der Waals surface area contributed by atoms with Crippen molar-refractivity contribution in [1.29, 1.82) is 0 Å². The molecule has 6 nitrogen and oxygen atoms in total. The lowest BCUT2D eigenvalue weighted by molar-refractivity contribution is -0.275. The number of ether oxygens (including phenoxy) is 1. The normalized spacial score (nSPS) is 20.2. The van der Waals surface area contributed by atoms with Gasteiger partial charge in [0.15, 0.2) is 0 Å². The molecule has 0 unspecified atom stereocenters. The van der Waals surface area contributed by atoms with Crippen LogP contribution in [0, 0.1) is 0 Å². The summed E-state index contributed by atoms with van der Waals surface area (Å²) >= 11 is 0. The maximum atomic E-state index is 12.6. The number of benzene rings is 1. The second kappa shape index (κ2) is 6.36. The van der Waals surface area contributed by atoms with Crippen LogP contribution < -0.4 is 4.74 Å². The zero-order valence-electron chi connectivity index (χ0n) is 11.8. The number of piperidine rings is 1. The number of para-hydroxylation sites is 1. The number of hydrogen-bond acceptors (Lipinski definition) is 4. The molecule has 1 saturated heterocycles. The van der Waals surface area contributed by atoms with Gasteiger partial charge in [0, 0.05) is 6.54 Å². The Hall–Kier alpha value is -1.81. The van der Waals surface area contributed by atoms with Crippen LogP contribution in [0.4, 0.5) is 13.2 Å². The van der Waals surface area contributed by atoms with Gasteiger partial charge in [-0.15, -0.1) is 13.2 Å². The Morgan fingerprint density at radius 2 is 1.91 bits per heavy atom. The molecule has 23 heavy (non-hydrogen) atoms. The van der Waals surface area contributed by atoms with E-state index < -0.39 is 39.0 Å². The van der Waals surface area contributed by atoms with Gasteiger partial charge in [-0.1, -0.05) is 12.1 Å². The lowest BCUT2D eigenvalue weighted by Gasteiger charge is -2.32. The monoisotopic (exact) mass is 353 g/mol. The van der Waals surface area contributed by atoms with Gasteiger partial charge in [-0.05, 0) is 31.4 Å². The summed E-state index contributed by atoms with van der Waals surface area (Å²) in [6.07, 6.45) is -3.98. The SMILES string of the molecule is O=C(O)[C@@H]1CCCCN1S(=O)(=O)c1ccccc1OC(F)(F)F. The van der Waals surface area contributed by atoms with Gasteiger partial charge in [0.1, 0.15) is 16.7 Å². The predicted octanol–water partition coefficient (Wildman–Crippen LogP) is 2.21. The number of rotatable bonds is 4. The number of sulfonamides is 1. The van der Waals surface area contributed by atoms with Crippen molar-refractivity contribution < 1.29 is 36.2 Å². The maximum absolute atomic E-state index is 12.6. The zero-order valence-corrected chi connectivity index (χ0v) is 12.6. The number of halogens is 3. The van der Waals surface area contributed by atoms with Crippen LogP contribution in [0.25, 0.3) is 0 Å². The number of alkyl halides is 3. The standard InChI is InChI=1S/C13H14F3NO5S/c14-13(15,16)22-10-6-1-2-7-11(10)23(20,21)17-8-4-3-5-9(17)12(18)19/h1-2,6-7,9H,3-5,8H2,(H,18,19)/t9-/m0/s1. The van der Waals surface area contributed by atoms with Crippen molar-refractivity contribution >= 4 is 16.0 Å². The number of hydrogen-bond donors (Lipinski definition) is 1. The molecule has 1 aliphatic heterocycles.